The molecular formula is C22H26N4O3. The number of carbonyl (C=O) groups is 1. The Balaban J connectivity index is 1.72. The van der Waals surface area contributed by atoms with Crippen molar-refractivity contribution in [3.8, 4) is 5.75 Å². The van der Waals surface area contributed by atoms with Crippen LogP contribution in [-0.2, 0) is 6.54 Å². The van der Waals surface area contributed by atoms with Crippen molar-refractivity contribution in [3.63, 3.8) is 0 Å². The summed E-state index contributed by atoms with van der Waals surface area (Å²) in [6, 6.07) is 7.74. The molecule has 0 radical (unpaired) electrons. The topological polar surface area (TPSA) is 80.5 Å². The lowest BCUT2D eigenvalue weighted by Gasteiger charge is -2.22. The highest BCUT2D eigenvalue weighted by Gasteiger charge is 2.38. The number of carbonyl (C=O) groups excluding carboxylic acids is 1. The van der Waals surface area contributed by atoms with Gasteiger partial charge in [-0.3, -0.25) is 4.79 Å². The van der Waals surface area contributed by atoms with Crippen LogP contribution in [0.2, 0.25) is 0 Å². The zero-order chi connectivity index (χ0) is 20.6. The van der Waals surface area contributed by atoms with Gasteiger partial charge in [0.05, 0.1) is 18.1 Å². The Morgan fingerprint density at radius 1 is 1.31 bits per heavy atom. The van der Waals surface area contributed by atoms with Crippen molar-refractivity contribution in [1.29, 1.82) is 0 Å². The Morgan fingerprint density at radius 2 is 2.07 bits per heavy atom. The Labute approximate surface area is 170 Å². The highest BCUT2D eigenvalue weighted by Crippen LogP contribution is 2.40. The predicted molar refractivity (Wildman–Crippen MR) is 111 cm³/mol. The van der Waals surface area contributed by atoms with Gasteiger partial charge in [0, 0.05) is 24.2 Å². The molecule has 1 saturated carbocycles. The van der Waals surface area contributed by atoms with E-state index in [9.17, 15) is 4.79 Å². The SMILES string of the molecule is CCN(Cc1ccccc1OC)C(=O)c1c(C)oc2ncnc(NC3(C)CC3)c12. The number of hydrogen-bond acceptors (Lipinski definition) is 6. The first-order valence-corrected chi connectivity index (χ1v) is 9.89. The molecular weight excluding hydrogens is 368 g/mol. The van der Waals surface area contributed by atoms with Gasteiger partial charge in [0.2, 0.25) is 5.71 Å². The first-order chi connectivity index (χ1) is 14.0. The van der Waals surface area contributed by atoms with Gasteiger partial charge in [-0.2, -0.15) is 0 Å². The van der Waals surface area contributed by atoms with E-state index >= 15 is 0 Å². The van der Waals surface area contributed by atoms with Crippen molar-refractivity contribution in [3.05, 3.63) is 47.5 Å². The second kappa shape index (κ2) is 7.39. The number of nitrogens with zero attached hydrogens (tertiary/aromatic N) is 3. The number of rotatable bonds is 7. The second-order valence-electron chi connectivity index (χ2n) is 7.75. The van der Waals surface area contributed by atoms with E-state index < -0.39 is 0 Å². The average Bonchev–Trinajstić information content (AvgIpc) is 3.34. The summed E-state index contributed by atoms with van der Waals surface area (Å²) >= 11 is 0. The Kier molecular flexibility index (Phi) is 4.90. The minimum atomic E-state index is -0.103. The summed E-state index contributed by atoms with van der Waals surface area (Å²) in [6.07, 6.45) is 3.63. The number of anilines is 1. The Hall–Kier alpha value is -3.09. The highest BCUT2D eigenvalue weighted by molar-refractivity contribution is 6.10. The summed E-state index contributed by atoms with van der Waals surface area (Å²) in [5.74, 6) is 1.87. The van der Waals surface area contributed by atoms with E-state index in [4.69, 9.17) is 9.15 Å². The third-order valence-electron chi connectivity index (χ3n) is 5.52. The largest absolute Gasteiger partial charge is 0.496 e. The number of benzene rings is 1. The van der Waals surface area contributed by atoms with Crippen molar-refractivity contribution in [1.82, 2.24) is 14.9 Å². The minimum Gasteiger partial charge on any atom is -0.496 e. The number of ether oxygens (including phenoxy) is 1. The van der Waals surface area contributed by atoms with Crippen LogP contribution in [0, 0.1) is 6.92 Å². The van der Waals surface area contributed by atoms with Crippen LogP contribution in [0.15, 0.2) is 35.0 Å². The molecule has 1 fully saturated rings. The van der Waals surface area contributed by atoms with Crippen molar-refractivity contribution in [2.45, 2.75) is 45.7 Å². The van der Waals surface area contributed by atoms with Crippen molar-refractivity contribution in [2.75, 3.05) is 19.0 Å². The van der Waals surface area contributed by atoms with Crippen LogP contribution in [0.3, 0.4) is 0 Å². The quantitative estimate of drug-likeness (QED) is 0.648. The van der Waals surface area contributed by atoms with Crippen molar-refractivity contribution in [2.24, 2.45) is 0 Å². The van der Waals surface area contributed by atoms with Gasteiger partial charge in [-0.05, 0) is 39.7 Å². The van der Waals surface area contributed by atoms with E-state index in [1.54, 1.807) is 18.9 Å². The number of aryl methyl sites for hydroxylation is 1. The molecule has 0 spiro atoms. The fourth-order valence-corrected chi connectivity index (χ4v) is 3.52. The van der Waals surface area contributed by atoms with Crippen LogP contribution in [0.1, 0.15) is 48.4 Å². The van der Waals surface area contributed by atoms with Crippen LogP contribution in [0.4, 0.5) is 5.82 Å². The van der Waals surface area contributed by atoms with Crippen LogP contribution in [0.25, 0.3) is 11.1 Å². The summed E-state index contributed by atoms with van der Waals surface area (Å²) in [5, 5.41) is 4.12. The molecule has 1 aliphatic carbocycles. The van der Waals surface area contributed by atoms with Gasteiger partial charge in [0.1, 0.15) is 23.7 Å². The molecule has 29 heavy (non-hydrogen) atoms. The van der Waals surface area contributed by atoms with Crippen LogP contribution >= 0.6 is 0 Å². The normalized spacial score (nSPS) is 14.6. The molecule has 7 heteroatoms. The molecule has 0 aliphatic heterocycles. The fourth-order valence-electron chi connectivity index (χ4n) is 3.52. The maximum Gasteiger partial charge on any atom is 0.258 e. The number of methoxy groups -OCH3 is 1. The molecule has 7 nitrogen and oxygen atoms in total. The number of amides is 1. The van der Waals surface area contributed by atoms with Gasteiger partial charge in [-0.15, -0.1) is 0 Å². The predicted octanol–water partition coefficient (Wildman–Crippen LogP) is 4.17. The van der Waals surface area contributed by atoms with E-state index in [-0.39, 0.29) is 11.4 Å². The first kappa shape index (κ1) is 19.2. The number of para-hydroxylation sites is 1. The number of aromatic nitrogens is 2. The molecule has 0 atom stereocenters. The molecule has 1 N–H and O–H groups in total. The lowest BCUT2D eigenvalue weighted by Crippen LogP contribution is -2.31. The first-order valence-electron chi connectivity index (χ1n) is 9.89. The summed E-state index contributed by atoms with van der Waals surface area (Å²) in [4.78, 5) is 24.0. The van der Waals surface area contributed by atoms with Gasteiger partial charge in [-0.1, -0.05) is 18.2 Å². The number of hydrogen-bond donors (Lipinski definition) is 1. The second-order valence-corrected chi connectivity index (χ2v) is 7.75. The molecule has 152 valence electrons. The van der Waals surface area contributed by atoms with Gasteiger partial charge >= 0.3 is 0 Å². The number of furan rings is 1. The maximum atomic E-state index is 13.6. The molecule has 1 aliphatic rings. The molecule has 4 rings (SSSR count). The van der Waals surface area contributed by atoms with E-state index in [0.29, 0.717) is 41.3 Å². The molecule has 2 heterocycles. The summed E-state index contributed by atoms with van der Waals surface area (Å²) < 4.78 is 11.3. The maximum absolute atomic E-state index is 13.6. The zero-order valence-electron chi connectivity index (χ0n) is 17.3. The number of nitrogens with one attached hydrogen (secondary N) is 1. The Morgan fingerprint density at radius 3 is 2.76 bits per heavy atom. The Bertz CT molecular complexity index is 1060. The minimum absolute atomic E-state index is 0.0224. The van der Waals surface area contributed by atoms with Crippen LogP contribution in [0.5, 0.6) is 5.75 Å². The monoisotopic (exact) mass is 394 g/mol. The summed E-state index contributed by atoms with van der Waals surface area (Å²) in [6.45, 7) is 6.91. The average molecular weight is 394 g/mol. The van der Waals surface area contributed by atoms with Crippen LogP contribution in [-0.4, -0.2) is 40.0 Å². The molecule has 0 unspecified atom stereocenters. The van der Waals surface area contributed by atoms with Gasteiger partial charge in [-0.25, -0.2) is 9.97 Å². The molecule has 0 bridgehead atoms. The molecule has 3 aromatic rings. The number of fused-ring (bicyclic) bond motifs is 1. The van der Waals surface area contributed by atoms with E-state index in [2.05, 4.69) is 22.2 Å². The lowest BCUT2D eigenvalue weighted by molar-refractivity contribution is 0.0751. The lowest BCUT2D eigenvalue weighted by atomic mass is 10.1. The standard InChI is InChI=1S/C22H26N4O3/c1-5-26(12-15-8-6-7-9-16(15)28-4)21(27)17-14(2)29-20-18(17)19(23-13-24-20)25-22(3)10-11-22/h6-9,13H,5,10-12H2,1-4H3,(H,23,24,25). The third kappa shape index (κ3) is 3.64. The van der Waals surface area contributed by atoms with E-state index in [1.165, 1.54) is 6.33 Å². The molecule has 1 aromatic carbocycles. The fraction of sp³-hybridized carbons (Fsp3) is 0.409. The third-order valence-corrected chi connectivity index (χ3v) is 5.52. The van der Waals surface area contributed by atoms with Gasteiger partial charge in [0.25, 0.3) is 5.91 Å². The smallest absolute Gasteiger partial charge is 0.258 e. The molecule has 1 amide bonds. The van der Waals surface area contributed by atoms with Gasteiger partial charge < -0.3 is 19.4 Å². The van der Waals surface area contributed by atoms with E-state index in [0.717, 1.165) is 24.2 Å². The molecule has 2 aromatic heterocycles. The summed E-state index contributed by atoms with van der Waals surface area (Å²) in [7, 11) is 1.64. The van der Waals surface area contributed by atoms with Crippen molar-refractivity contribution < 1.29 is 13.9 Å². The van der Waals surface area contributed by atoms with E-state index in [1.807, 2.05) is 31.2 Å². The van der Waals surface area contributed by atoms with Gasteiger partial charge in [0.15, 0.2) is 0 Å². The highest BCUT2D eigenvalue weighted by atomic mass is 16.5. The zero-order valence-corrected chi connectivity index (χ0v) is 17.3. The summed E-state index contributed by atoms with van der Waals surface area (Å²) in [5.41, 5.74) is 1.93. The van der Waals surface area contributed by atoms with Crippen LogP contribution < -0.4 is 10.1 Å². The molecule has 0 saturated heterocycles. The van der Waals surface area contributed by atoms with Crippen molar-refractivity contribution >= 4 is 22.8 Å².